The van der Waals surface area contributed by atoms with Crippen molar-refractivity contribution in [3.8, 4) is 0 Å². The van der Waals surface area contributed by atoms with Gasteiger partial charge in [0.2, 0.25) is 0 Å². The van der Waals surface area contributed by atoms with Crippen molar-refractivity contribution in [2.45, 2.75) is 31.1 Å². The first kappa shape index (κ1) is 19.6. The Kier molecular flexibility index (Phi) is 7.69. The second kappa shape index (κ2) is 10.2. The molecule has 0 aromatic heterocycles. The van der Waals surface area contributed by atoms with Gasteiger partial charge in [0.15, 0.2) is 5.96 Å². The highest BCUT2D eigenvalue weighted by atomic mass is 32.2. The van der Waals surface area contributed by atoms with Crippen LogP contribution in [0.1, 0.15) is 26.2 Å². The van der Waals surface area contributed by atoms with Crippen molar-refractivity contribution < 1.29 is 0 Å². The van der Waals surface area contributed by atoms with Gasteiger partial charge in [-0.05, 0) is 56.3 Å². The van der Waals surface area contributed by atoms with Crippen LogP contribution in [0.5, 0.6) is 0 Å². The SMILES string of the molecule is CN=C(NCC(C)CN1CCCC1)N1CCC(CSc2ccccc2)C1. The quantitative estimate of drug-likeness (QED) is 0.450. The summed E-state index contributed by atoms with van der Waals surface area (Å²) in [4.78, 5) is 11.0. The number of guanidine groups is 1. The molecule has 1 aromatic rings. The van der Waals surface area contributed by atoms with E-state index in [1.54, 1.807) is 0 Å². The molecule has 1 aromatic carbocycles. The van der Waals surface area contributed by atoms with E-state index in [0.29, 0.717) is 5.92 Å². The van der Waals surface area contributed by atoms with Gasteiger partial charge in [-0.25, -0.2) is 0 Å². The van der Waals surface area contributed by atoms with Crippen molar-refractivity contribution in [2.24, 2.45) is 16.8 Å². The Morgan fingerprint density at radius 1 is 1.23 bits per heavy atom. The molecule has 0 amide bonds. The number of aliphatic imine (C=N–C) groups is 1. The van der Waals surface area contributed by atoms with Gasteiger partial charge in [0, 0.05) is 43.9 Å². The molecule has 0 saturated carbocycles. The second-order valence-corrected chi connectivity index (χ2v) is 8.86. The first-order valence-corrected chi connectivity index (χ1v) is 11.1. The molecule has 0 bridgehead atoms. The van der Waals surface area contributed by atoms with Crippen molar-refractivity contribution in [1.29, 1.82) is 0 Å². The maximum Gasteiger partial charge on any atom is 0.193 e. The maximum absolute atomic E-state index is 4.54. The minimum Gasteiger partial charge on any atom is -0.356 e. The lowest BCUT2D eigenvalue weighted by Crippen LogP contribution is -2.43. The largest absolute Gasteiger partial charge is 0.356 e. The topological polar surface area (TPSA) is 30.9 Å². The first-order valence-electron chi connectivity index (χ1n) is 10.1. The standard InChI is InChI=1S/C21H34N4S/c1-18(15-24-11-6-7-12-24)14-23-21(22-2)25-13-10-19(16-25)17-26-20-8-4-3-5-9-20/h3-5,8-9,18-19H,6-7,10-17H2,1-2H3,(H,22,23). The highest BCUT2D eigenvalue weighted by Gasteiger charge is 2.25. The van der Waals surface area contributed by atoms with E-state index in [1.807, 2.05) is 18.8 Å². The number of benzene rings is 1. The van der Waals surface area contributed by atoms with Gasteiger partial charge in [0.25, 0.3) is 0 Å². The molecule has 2 saturated heterocycles. The molecule has 0 spiro atoms. The number of thioether (sulfide) groups is 1. The lowest BCUT2D eigenvalue weighted by molar-refractivity contribution is 0.286. The molecule has 144 valence electrons. The predicted molar refractivity (Wildman–Crippen MR) is 113 cm³/mol. The Morgan fingerprint density at radius 3 is 2.73 bits per heavy atom. The van der Waals surface area contributed by atoms with Gasteiger partial charge in [0.05, 0.1) is 0 Å². The Labute approximate surface area is 163 Å². The number of likely N-dealkylation sites (tertiary alicyclic amines) is 2. The van der Waals surface area contributed by atoms with E-state index in [4.69, 9.17) is 0 Å². The fourth-order valence-electron chi connectivity index (χ4n) is 3.96. The lowest BCUT2D eigenvalue weighted by atomic mass is 10.1. The van der Waals surface area contributed by atoms with Gasteiger partial charge < -0.3 is 15.1 Å². The van der Waals surface area contributed by atoms with Crippen LogP contribution in [0, 0.1) is 11.8 Å². The van der Waals surface area contributed by atoms with Gasteiger partial charge >= 0.3 is 0 Å². The normalized spacial score (nSPS) is 22.8. The molecule has 2 heterocycles. The van der Waals surface area contributed by atoms with Crippen LogP contribution in [0.25, 0.3) is 0 Å². The van der Waals surface area contributed by atoms with Crippen LogP contribution in [0.3, 0.4) is 0 Å². The lowest BCUT2D eigenvalue weighted by Gasteiger charge is -2.25. The Balaban J connectivity index is 1.38. The van der Waals surface area contributed by atoms with Crippen molar-refractivity contribution in [3.05, 3.63) is 30.3 Å². The Morgan fingerprint density at radius 2 is 2.00 bits per heavy atom. The Bertz CT molecular complexity index is 556. The summed E-state index contributed by atoms with van der Waals surface area (Å²) in [5.41, 5.74) is 0. The van der Waals surface area contributed by atoms with E-state index in [9.17, 15) is 0 Å². The molecule has 0 radical (unpaired) electrons. The molecule has 2 fully saturated rings. The van der Waals surface area contributed by atoms with Crippen molar-refractivity contribution in [1.82, 2.24) is 15.1 Å². The van der Waals surface area contributed by atoms with E-state index >= 15 is 0 Å². The number of rotatable bonds is 7. The van der Waals surface area contributed by atoms with Crippen LogP contribution in [0.2, 0.25) is 0 Å². The van der Waals surface area contributed by atoms with Crippen LogP contribution in [0.4, 0.5) is 0 Å². The second-order valence-electron chi connectivity index (χ2n) is 7.77. The van der Waals surface area contributed by atoms with Gasteiger partial charge in [0.1, 0.15) is 0 Å². The van der Waals surface area contributed by atoms with Crippen molar-refractivity contribution in [2.75, 3.05) is 52.1 Å². The molecular formula is C21H34N4S. The molecular weight excluding hydrogens is 340 g/mol. The van der Waals surface area contributed by atoms with E-state index in [2.05, 4.69) is 57.4 Å². The molecule has 2 atom stereocenters. The van der Waals surface area contributed by atoms with Crippen LogP contribution < -0.4 is 5.32 Å². The summed E-state index contributed by atoms with van der Waals surface area (Å²) in [5, 5.41) is 3.62. The minimum absolute atomic E-state index is 0.664. The highest BCUT2D eigenvalue weighted by molar-refractivity contribution is 7.99. The summed E-state index contributed by atoms with van der Waals surface area (Å²) < 4.78 is 0. The summed E-state index contributed by atoms with van der Waals surface area (Å²) in [5.74, 6) is 3.70. The average Bonchev–Trinajstić information content (AvgIpc) is 3.34. The first-order chi connectivity index (χ1) is 12.7. The zero-order valence-electron chi connectivity index (χ0n) is 16.4. The van der Waals surface area contributed by atoms with Gasteiger partial charge in [-0.3, -0.25) is 4.99 Å². The number of nitrogens with zero attached hydrogens (tertiary/aromatic N) is 3. The van der Waals surface area contributed by atoms with Crippen LogP contribution in [-0.2, 0) is 0 Å². The molecule has 2 unspecified atom stereocenters. The van der Waals surface area contributed by atoms with E-state index < -0.39 is 0 Å². The third-order valence-electron chi connectivity index (χ3n) is 5.40. The fourth-order valence-corrected chi connectivity index (χ4v) is 5.01. The molecule has 1 N–H and O–H groups in total. The summed E-state index contributed by atoms with van der Waals surface area (Å²) in [7, 11) is 1.92. The van der Waals surface area contributed by atoms with Gasteiger partial charge in [-0.1, -0.05) is 25.1 Å². The third kappa shape index (κ3) is 5.92. The number of nitrogens with one attached hydrogen (secondary N) is 1. The third-order valence-corrected chi connectivity index (χ3v) is 6.65. The van der Waals surface area contributed by atoms with Crippen LogP contribution in [0.15, 0.2) is 40.2 Å². The molecule has 26 heavy (non-hydrogen) atoms. The van der Waals surface area contributed by atoms with Gasteiger partial charge in [-0.15, -0.1) is 11.8 Å². The molecule has 5 heteroatoms. The zero-order chi connectivity index (χ0) is 18.2. The van der Waals surface area contributed by atoms with Crippen molar-refractivity contribution >= 4 is 17.7 Å². The molecule has 2 aliphatic heterocycles. The van der Waals surface area contributed by atoms with E-state index in [1.165, 1.54) is 49.5 Å². The summed E-state index contributed by atoms with van der Waals surface area (Å²) in [6, 6.07) is 10.7. The zero-order valence-corrected chi connectivity index (χ0v) is 17.2. The minimum atomic E-state index is 0.664. The monoisotopic (exact) mass is 374 g/mol. The molecule has 0 aliphatic carbocycles. The molecule has 3 rings (SSSR count). The highest BCUT2D eigenvalue weighted by Crippen LogP contribution is 2.25. The smallest absolute Gasteiger partial charge is 0.193 e. The summed E-state index contributed by atoms with van der Waals surface area (Å²) >= 11 is 1.98. The number of hydrogen-bond acceptors (Lipinski definition) is 3. The average molecular weight is 375 g/mol. The summed E-state index contributed by atoms with van der Waals surface area (Å²) in [6.07, 6.45) is 4.01. The van der Waals surface area contributed by atoms with Crippen LogP contribution >= 0.6 is 11.8 Å². The Hall–Kier alpha value is -1.20. The van der Waals surface area contributed by atoms with Gasteiger partial charge in [-0.2, -0.15) is 0 Å². The number of hydrogen-bond donors (Lipinski definition) is 1. The maximum atomic E-state index is 4.54. The molecule has 2 aliphatic rings. The predicted octanol–water partition coefficient (Wildman–Crippen LogP) is 3.41. The summed E-state index contributed by atoms with van der Waals surface area (Å²) in [6.45, 7) is 9.39. The fraction of sp³-hybridized carbons (Fsp3) is 0.667. The van der Waals surface area contributed by atoms with Crippen molar-refractivity contribution in [3.63, 3.8) is 0 Å². The van der Waals surface area contributed by atoms with E-state index in [-0.39, 0.29) is 0 Å². The molecule has 4 nitrogen and oxygen atoms in total. The van der Waals surface area contributed by atoms with Crippen LogP contribution in [-0.4, -0.2) is 67.8 Å². The van der Waals surface area contributed by atoms with E-state index in [0.717, 1.165) is 31.5 Å².